The number of halogens is 9. The van der Waals surface area contributed by atoms with Crippen molar-refractivity contribution < 1.29 is 44.3 Å². The second-order valence-electron chi connectivity index (χ2n) is 5.44. The maximum absolute atomic E-state index is 13.3. The molecule has 0 spiro atoms. The Kier molecular flexibility index (Phi) is 6.78. The Morgan fingerprint density at radius 3 is 1.92 bits per heavy atom. The van der Waals surface area contributed by atoms with Crippen molar-refractivity contribution in [2.24, 2.45) is 0 Å². The molecule has 24 heavy (non-hydrogen) atoms. The number of nitrogens with one attached hydrogen (secondary N) is 1. The fourth-order valence-corrected chi connectivity index (χ4v) is 2.04. The minimum absolute atomic E-state index is 0.0587. The van der Waals surface area contributed by atoms with Crippen LogP contribution in [-0.4, -0.2) is 74.8 Å². The molecule has 0 atom stereocenters. The summed E-state index contributed by atoms with van der Waals surface area (Å²) in [5.74, 6) is -16.9. The first-order chi connectivity index (χ1) is 10.8. The van der Waals surface area contributed by atoms with Gasteiger partial charge in [-0.05, 0) is 0 Å². The van der Waals surface area contributed by atoms with E-state index < -0.39 is 36.9 Å². The minimum atomic E-state index is -6.61. The summed E-state index contributed by atoms with van der Waals surface area (Å²) in [7, 11) is 0. The molecule has 1 aliphatic heterocycles. The van der Waals surface area contributed by atoms with Gasteiger partial charge in [-0.3, -0.25) is 4.90 Å². The van der Waals surface area contributed by atoms with Crippen LogP contribution in [0, 0.1) is 0 Å². The lowest BCUT2D eigenvalue weighted by atomic mass is 10.0. The molecule has 12 heteroatoms. The van der Waals surface area contributed by atoms with Crippen LogP contribution in [0.15, 0.2) is 0 Å². The number of hydrogen-bond acceptors (Lipinski definition) is 3. The molecule has 0 amide bonds. The number of alkyl halides is 9. The minimum Gasteiger partial charge on any atom is -0.379 e. The maximum Gasteiger partial charge on any atom is 0.459 e. The normalized spacial score (nSPS) is 18.9. The zero-order valence-corrected chi connectivity index (χ0v) is 12.4. The van der Waals surface area contributed by atoms with E-state index in [1.54, 1.807) is 0 Å². The first-order valence-electron chi connectivity index (χ1n) is 6.99. The van der Waals surface area contributed by atoms with Gasteiger partial charge in [0.2, 0.25) is 0 Å². The smallest absolute Gasteiger partial charge is 0.379 e. The highest BCUT2D eigenvalue weighted by Crippen LogP contribution is 2.50. The lowest BCUT2D eigenvalue weighted by Gasteiger charge is -2.31. The molecule has 0 bridgehead atoms. The van der Waals surface area contributed by atoms with E-state index in [2.05, 4.69) is 5.32 Å². The summed E-state index contributed by atoms with van der Waals surface area (Å²) < 4.78 is 119. The molecule has 1 fully saturated rings. The monoisotopic (exact) mass is 376 g/mol. The molecule has 0 aromatic carbocycles. The molecule has 1 heterocycles. The summed E-state index contributed by atoms with van der Waals surface area (Å²) in [6.07, 6.45) is -9.52. The molecule has 1 saturated heterocycles. The van der Waals surface area contributed by atoms with Crippen LogP contribution in [0.1, 0.15) is 6.42 Å². The molecule has 0 radical (unpaired) electrons. The van der Waals surface area contributed by atoms with E-state index in [1.165, 1.54) is 0 Å². The maximum atomic E-state index is 13.3. The third-order valence-electron chi connectivity index (χ3n) is 3.39. The van der Waals surface area contributed by atoms with Gasteiger partial charge >= 0.3 is 18.0 Å². The van der Waals surface area contributed by atoms with Crippen LogP contribution in [0.2, 0.25) is 0 Å². The number of morpholine rings is 1. The largest absolute Gasteiger partial charge is 0.459 e. The first-order valence-corrected chi connectivity index (χ1v) is 6.99. The van der Waals surface area contributed by atoms with Crippen LogP contribution >= 0.6 is 0 Å². The molecule has 1 aliphatic rings. The van der Waals surface area contributed by atoms with E-state index >= 15 is 0 Å². The van der Waals surface area contributed by atoms with Crippen molar-refractivity contribution in [3.63, 3.8) is 0 Å². The lowest BCUT2D eigenvalue weighted by molar-refractivity contribution is -0.362. The number of hydrogen-bond donors (Lipinski definition) is 1. The Bertz CT molecular complexity index is 394. The van der Waals surface area contributed by atoms with Gasteiger partial charge in [-0.25, -0.2) is 8.78 Å². The van der Waals surface area contributed by atoms with Gasteiger partial charge < -0.3 is 10.1 Å². The van der Waals surface area contributed by atoms with E-state index in [4.69, 9.17) is 4.74 Å². The molecule has 144 valence electrons. The van der Waals surface area contributed by atoms with E-state index in [-0.39, 0.29) is 13.1 Å². The van der Waals surface area contributed by atoms with Crippen molar-refractivity contribution in [3.05, 3.63) is 0 Å². The summed E-state index contributed by atoms with van der Waals surface area (Å²) in [5, 5.41) is 2.09. The fourth-order valence-electron chi connectivity index (χ4n) is 2.04. The molecular formula is C12H17F9N2O. The summed E-state index contributed by atoms with van der Waals surface area (Å²) in [4.78, 5) is 1.83. The predicted molar refractivity (Wildman–Crippen MR) is 65.6 cm³/mol. The van der Waals surface area contributed by atoms with Crippen LogP contribution < -0.4 is 5.32 Å². The van der Waals surface area contributed by atoms with Crippen molar-refractivity contribution in [1.29, 1.82) is 0 Å². The van der Waals surface area contributed by atoms with Gasteiger partial charge in [-0.1, -0.05) is 0 Å². The van der Waals surface area contributed by atoms with Gasteiger partial charge in [0.1, 0.15) is 0 Å². The van der Waals surface area contributed by atoms with Gasteiger partial charge in [-0.15, -0.1) is 0 Å². The molecule has 0 unspecified atom stereocenters. The standard InChI is InChI=1S/C12H17F9N2O/c13-9(14,7-10(15,16)11(17,18)12(19,20)21)8-22-1-2-23-3-5-24-6-4-23/h22H,1-8H2. The number of nitrogens with zero attached hydrogens (tertiary/aromatic N) is 1. The fraction of sp³-hybridized carbons (Fsp3) is 1.00. The van der Waals surface area contributed by atoms with E-state index in [1.807, 2.05) is 4.90 Å². The highest BCUT2D eigenvalue weighted by molar-refractivity contribution is 4.94. The quantitative estimate of drug-likeness (QED) is 0.521. The van der Waals surface area contributed by atoms with Crippen molar-refractivity contribution in [1.82, 2.24) is 10.2 Å². The summed E-state index contributed by atoms with van der Waals surface area (Å²) in [6, 6.07) is 0. The van der Waals surface area contributed by atoms with Crippen LogP contribution in [0.25, 0.3) is 0 Å². The average Bonchev–Trinajstić information content (AvgIpc) is 2.42. The summed E-state index contributed by atoms with van der Waals surface area (Å²) >= 11 is 0. The van der Waals surface area contributed by atoms with E-state index in [9.17, 15) is 39.5 Å². The number of ether oxygens (including phenoxy) is 1. The van der Waals surface area contributed by atoms with Gasteiger partial charge in [0.15, 0.2) is 0 Å². The zero-order valence-electron chi connectivity index (χ0n) is 12.4. The van der Waals surface area contributed by atoms with Gasteiger partial charge in [-0.2, -0.15) is 30.7 Å². The summed E-state index contributed by atoms with van der Waals surface area (Å²) in [6.45, 7) is 0.804. The average molecular weight is 376 g/mol. The van der Waals surface area contributed by atoms with Crippen LogP contribution in [0.4, 0.5) is 39.5 Å². The molecule has 1 rings (SSSR count). The molecule has 0 aromatic heterocycles. The third kappa shape index (κ3) is 5.66. The van der Waals surface area contributed by atoms with Crippen molar-refractivity contribution >= 4 is 0 Å². The van der Waals surface area contributed by atoms with Crippen molar-refractivity contribution in [3.8, 4) is 0 Å². The highest BCUT2D eigenvalue weighted by Gasteiger charge is 2.74. The van der Waals surface area contributed by atoms with Gasteiger partial charge in [0, 0.05) is 26.2 Å². The van der Waals surface area contributed by atoms with Crippen LogP contribution in [0.3, 0.4) is 0 Å². The SMILES string of the molecule is FC(F)(CNCCN1CCOCC1)CC(F)(F)C(F)(F)C(F)(F)F. The van der Waals surface area contributed by atoms with Crippen molar-refractivity contribution in [2.75, 3.05) is 45.9 Å². The second-order valence-corrected chi connectivity index (χ2v) is 5.44. The number of rotatable bonds is 8. The Labute approximate surface area is 132 Å². The van der Waals surface area contributed by atoms with Gasteiger partial charge in [0.25, 0.3) is 5.92 Å². The molecule has 0 saturated carbocycles. The first kappa shape index (κ1) is 21.3. The highest BCUT2D eigenvalue weighted by atomic mass is 19.4. The molecule has 0 aliphatic carbocycles. The second kappa shape index (κ2) is 7.65. The lowest BCUT2D eigenvalue weighted by Crippen LogP contribution is -2.55. The van der Waals surface area contributed by atoms with Crippen LogP contribution in [0.5, 0.6) is 0 Å². The van der Waals surface area contributed by atoms with Crippen molar-refractivity contribution in [2.45, 2.75) is 30.4 Å². The van der Waals surface area contributed by atoms with E-state index in [0.717, 1.165) is 0 Å². The summed E-state index contributed by atoms with van der Waals surface area (Å²) in [5.41, 5.74) is 0. The Morgan fingerprint density at radius 2 is 1.42 bits per heavy atom. The topological polar surface area (TPSA) is 24.5 Å². The van der Waals surface area contributed by atoms with Gasteiger partial charge in [0.05, 0.1) is 26.2 Å². The molecule has 3 nitrogen and oxygen atoms in total. The van der Waals surface area contributed by atoms with Crippen LogP contribution in [-0.2, 0) is 4.74 Å². The predicted octanol–water partition coefficient (Wildman–Crippen LogP) is 2.77. The Morgan fingerprint density at radius 1 is 0.875 bits per heavy atom. The molecular weight excluding hydrogens is 359 g/mol. The third-order valence-corrected chi connectivity index (χ3v) is 3.39. The Balaban J connectivity index is 2.46. The zero-order chi connectivity index (χ0) is 18.6. The molecule has 0 aromatic rings. The molecule has 1 N–H and O–H groups in total. The van der Waals surface area contributed by atoms with E-state index in [0.29, 0.717) is 26.3 Å². The Hall–Kier alpha value is -0.750.